The summed E-state index contributed by atoms with van der Waals surface area (Å²) in [4.78, 5) is 42.0. The number of aryl methyl sites for hydroxylation is 1. The molecule has 8 heteroatoms. The molecule has 0 aliphatic carbocycles. The van der Waals surface area contributed by atoms with E-state index in [0.29, 0.717) is 17.7 Å². The van der Waals surface area contributed by atoms with Gasteiger partial charge < -0.3 is 14.6 Å². The summed E-state index contributed by atoms with van der Waals surface area (Å²) in [5.41, 5.74) is 0.945. The van der Waals surface area contributed by atoms with Crippen LogP contribution in [0.5, 0.6) is 0 Å². The van der Waals surface area contributed by atoms with Gasteiger partial charge in [-0.2, -0.15) is 0 Å². The van der Waals surface area contributed by atoms with Crippen molar-refractivity contribution in [2.75, 3.05) is 26.8 Å². The standard InChI is InChI=1S/C18H20N4O4/c1-26-10-9-22-17(24)14-4-3-13(11-15(14)18(22)25)16(23)20-5-2-7-21-8-6-19-12-21/h3-4,6,8,11-12H,2,5,7,9-10H2,1H3,(H,20,23). The molecule has 3 rings (SSSR count). The van der Waals surface area contributed by atoms with Crippen LogP contribution < -0.4 is 5.32 Å². The van der Waals surface area contributed by atoms with Crippen molar-refractivity contribution in [1.82, 2.24) is 19.8 Å². The number of hydrogen-bond donors (Lipinski definition) is 1. The Morgan fingerprint density at radius 3 is 2.73 bits per heavy atom. The lowest BCUT2D eigenvalue weighted by Crippen LogP contribution is -2.32. The highest BCUT2D eigenvalue weighted by Gasteiger charge is 2.35. The van der Waals surface area contributed by atoms with Crippen molar-refractivity contribution in [2.45, 2.75) is 13.0 Å². The molecule has 0 saturated heterocycles. The van der Waals surface area contributed by atoms with Crippen LogP contribution in [0.3, 0.4) is 0 Å². The molecule has 0 spiro atoms. The zero-order chi connectivity index (χ0) is 18.5. The summed E-state index contributed by atoms with van der Waals surface area (Å²) in [5.74, 6) is -1.01. The summed E-state index contributed by atoms with van der Waals surface area (Å²) < 4.78 is 6.86. The number of hydrogen-bond acceptors (Lipinski definition) is 5. The van der Waals surface area contributed by atoms with E-state index in [1.165, 1.54) is 19.2 Å². The normalized spacial score (nSPS) is 13.2. The number of nitrogens with one attached hydrogen (secondary N) is 1. The maximum Gasteiger partial charge on any atom is 0.261 e. The number of carbonyl (C=O) groups is 3. The Bertz CT molecular complexity index is 817. The van der Waals surface area contributed by atoms with Crippen molar-refractivity contribution in [3.8, 4) is 0 Å². The van der Waals surface area contributed by atoms with Gasteiger partial charge in [-0.15, -0.1) is 0 Å². The minimum Gasteiger partial charge on any atom is -0.383 e. The van der Waals surface area contributed by atoms with E-state index in [9.17, 15) is 14.4 Å². The van der Waals surface area contributed by atoms with Crippen LogP contribution in [0.4, 0.5) is 0 Å². The van der Waals surface area contributed by atoms with Crippen LogP contribution in [0.15, 0.2) is 36.9 Å². The highest BCUT2D eigenvalue weighted by atomic mass is 16.5. The van der Waals surface area contributed by atoms with Crippen molar-refractivity contribution < 1.29 is 19.1 Å². The Morgan fingerprint density at radius 1 is 1.19 bits per heavy atom. The summed E-state index contributed by atoms with van der Waals surface area (Å²) in [6, 6.07) is 4.57. The third-order valence-corrected chi connectivity index (χ3v) is 4.19. The molecule has 0 fully saturated rings. The minimum atomic E-state index is -0.392. The van der Waals surface area contributed by atoms with Crippen LogP contribution in [0.2, 0.25) is 0 Å². The Balaban J connectivity index is 1.60. The number of carbonyl (C=O) groups excluding carboxylic acids is 3. The van der Waals surface area contributed by atoms with Crippen molar-refractivity contribution >= 4 is 17.7 Å². The van der Waals surface area contributed by atoms with Gasteiger partial charge in [-0.3, -0.25) is 19.3 Å². The van der Waals surface area contributed by atoms with Gasteiger partial charge in [0.05, 0.1) is 30.6 Å². The van der Waals surface area contributed by atoms with E-state index >= 15 is 0 Å². The molecule has 1 aliphatic heterocycles. The second-order valence-electron chi connectivity index (χ2n) is 5.93. The molecule has 136 valence electrons. The molecule has 0 atom stereocenters. The van der Waals surface area contributed by atoms with Gasteiger partial charge >= 0.3 is 0 Å². The van der Waals surface area contributed by atoms with Crippen molar-refractivity contribution in [3.63, 3.8) is 0 Å². The average Bonchev–Trinajstić information content (AvgIpc) is 3.25. The van der Waals surface area contributed by atoms with Gasteiger partial charge in [0, 0.05) is 38.2 Å². The molecule has 0 radical (unpaired) electrons. The number of amides is 3. The molecule has 26 heavy (non-hydrogen) atoms. The molecule has 0 saturated carbocycles. The molecule has 1 aliphatic rings. The molecule has 2 heterocycles. The number of nitrogens with zero attached hydrogens (tertiary/aromatic N) is 3. The minimum absolute atomic E-state index is 0.193. The van der Waals surface area contributed by atoms with Crippen molar-refractivity contribution in [1.29, 1.82) is 0 Å². The van der Waals surface area contributed by atoms with Gasteiger partial charge in [-0.05, 0) is 24.6 Å². The van der Waals surface area contributed by atoms with Crippen LogP contribution in [-0.2, 0) is 11.3 Å². The van der Waals surface area contributed by atoms with Crippen LogP contribution in [0.25, 0.3) is 0 Å². The predicted molar refractivity (Wildman–Crippen MR) is 92.9 cm³/mol. The highest BCUT2D eigenvalue weighted by Crippen LogP contribution is 2.23. The number of aromatic nitrogens is 2. The number of ether oxygens (including phenoxy) is 1. The van der Waals surface area contributed by atoms with Crippen LogP contribution in [-0.4, -0.2) is 59.0 Å². The van der Waals surface area contributed by atoms with Crippen LogP contribution in [0.1, 0.15) is 37.5 Å². The molecule has 1 aromatic heterocycles. The molecular weight excluding hydrogens is 336 g/mol. The average molecular weight is 356 g/mol. The number of fused-ring (bicyclic) bond motifs is 1. The smallest absolute Gasteiger partial charge is 0.261 e. The Hall–Kier alpha value is -3.00. The van der Waals surface area contributed by atoms with E-state index in [1.54, 1.807) is 18.6 Å². The van der Waals surface area contributed by atoms with Crippen LogP contribution >= 0.6 is 0 Å². The SMILES string of the molecule is COCCN1C(=O)c2ccc(C(=O)NCCCn3ccnc3)cc2C1=O. The van der Waals surface area contributed by atoms with E-state index in [-0.39, 0.29) is 30.5 Å². The Morgan fingerprint density at radius 2 is 2.00 bits per heavy atom. The lowest BCUT2D eigenvalue weighted by molar-refractivity contribution is 0.0603. The maximum absolute atomic E-state index is 12.4. The number of rotatable bonds is 8. The third kappa shape index (κ3) is 3.65. The number of benzene rings is 1. The van der Waals surface area contributed by atoms with Gasteiger partial charge in [-0.25, -0.2) is 4.98 Å². The van der Waals surface area contributed by atoms with E-state index in [0.717, 1.165) is 17.9 Å². The number of imidazole rings is 1. The zero-order valence-corrected chi connectivity index (χ0v) is 14.5. The predicted octanol–water partition coefficient (Wildman–Crippen LogP) is 0.946. The molecule has 2 aromatic rings. The Labute approximate surface area is 150 Å². The monoisotopic (exact) mass is 356 g/mol. The molecule has 3 amide bonds. The quantitative estimate of drug-likeness (QED) is 0.561. The van der Waals surface area contributed by atoms with Gasteiger partial charge in [0.25, 0.3) is 17.7 Å². The molecule has 0 bridgehead atoms. The second-order valence-corrected chi connectivity index (χ2v) is 5.93. The second kappa shape index (κ2) is 7.92. The Kier molecular flexibility index (Phi) is 5.43. The first-order valence-electron chi connectivity index (χ1n) is 8.35. The van der Waals surface area contributed by atoms with Gasteiger partial charge in [-0.1, -0.05) is 0 Å². The molecule has 1 aromatic carbocycles. The van der Waals surface area contributed by atoms with Gasteiger partial charge in [0.1, 0.15) is 0 Å². The number of imide groups is 1. The molecule has 1 N–H and O–H groups in total. The van der Waals surface area contributed by atoms with Gasteiger partial charge in [0.2, 0.25) is 0 Å². The summed E-state index contributed by atoms with van der Waals surface area (Å²) in [7, 11) is 1.51. The van der Waals surface area contributed by atoms with Crippen LogP contribution in [0, 0.1) is 0 Å². The summed E-state index contributed by atoms with van der Waals surface area (Å²) in [6.07, 6.45) is 6.05. The fraction of sp³-hybridized carbons (Fsp3) is 0.333. The fourth-order valence-corrected chi connectivity index (χ4v) is 2.80. The van der Waals surface area contributed by atoms with E-state index in [2.05, 4.69) is 10.3 Å². The summed E-state index contributed by atoms with van der Waals surface area (Å²) in [6.45, 7) is 1.72. The topological polar surface area (TPSA) is 93.5 Å². The molecular formula is C18H20N4O4. The zero-order valence-electron chi connectivity index (χ0n) is 14.5. The largest absolute Gasteiger partial charge is 0.383 e. The van der Waals surface area contributed by atoms with Crippen molar-refractivity contribution in [3.05, 3.63) is 53.6 Å². The van der Waals surface area contributed by atoms with E-state index < -0.39 is 5.91 Å². The first kappa shape index (κ1) is 17.8. The third-order valence-electron chi connectivity index (χ3n) is 4.19. The maximum atomic E-state index is 12.4. The first-order valence-corrected chi connectivity index (χ1v) is 8.35. The number of methoxy groups -OCH3 is 1. The lowest BCUT2D eigenvalue weighted by Gasteiger charge is -2.12. The summed E-state index contributed by atoms with van der Waals surface area (Å²) >= 11 is 0. The van der Waals surface area contributed by atoms with E-state index in [1.807, 2.05) is 10.8 Å². The molecule has 0 unspecified atom stereocenters. The van der Waals surface area contributed by atoms with Gasteiger partial charge in [0.15, 0.2) is 0 Å². The first-order chi connectivity index (χ1) is 12.6. The fourth-order valence-electron chi connectivity index (χ4n) is 2.80. The molecule has 8 nitrogen and oxygen atoms in total. The highest BCUT2D eigenvalue weighted by molar-refractivity contribution is 6.22. The van der Waals surface area contributed by atoms with E-state index in [4.69, 9.17) is 4.74 Å². The summed E-state index contributed by atoms with van der Waals surface area (Å²) in [5, 5.41) is 2.82. The lowest BCUT2D eigenvalue weighted by atomic mass is 10.1. The van der Waals surface area contributed by atoms with Crippen molar-refractivity contribution in [2.24, 2.45) is 0 Å².